The number of hydrogen-bond acceptors (Lipinski definition) is 4. The summed E-state index contributed by atoms with van der Waals surface area (Å²) in [5.74, 6) is -0.310. The number of carbonyl (C=O) groups is 2. The Morgan fingerprint density at radius 3 is 2.48 bits per heavy atom. The average molecular weight is 366 g/mol. The molecule has 0 bridgehead atoms. The second kappa shape index (κ2) is 9.30. The minimum atomic E-state index is -0.185. The fraction of sp³-hybridized carbons (Fsp3) is 0.333. The van der Waals surface area contributed by atoms with E-state index in [1.165, 1.54) is 0 Å². The molecule has 6 heteroatoms. The van der Waals surface area contributed by atoms with Crippen molar-refractivity contribution in [2.24, 2.45) is 0 Å². The molecule has 1 saturated heterocycles. The molecule has 0 spiro atoms. The van der Waals surface area contributed by atoms with Gasteiger partial charge in [0.05, 0.1) is 0 Å². The molecule has 0 unspecified atom stereocenters. The van der Waals surface area contributed by atoms with Crippen LogP contribution in [0.3, 0.4) is 0 Å². The van der Waals surface area contributed by atoms with E-state index in [4.69, 9.17) is 0 Å². The van der Waals surface area contributed by atoms with Crippen LogP contribution in [0.5, 0.6) is 0 Å². The molecule has 1 heterocycles. The number of rotatable bonds is 6. The maximum Gasteiger partial charge on any atom is 0.255 e. The fourth-order valence-corrected chi connectivity index (χ4v) is 3.05. The van der Waals surface area contributed by atoms with Gasteiger partial charge in [-0.1, -0.05) is 24.3 Å². The van der Waals surface area contributed by atoms with E-state index >= 15 is 0 Å². The summed E-state index contributed by atoms with van der Waals surface area (Å²) in [6, 6.07) is 14.4. The van der Waals surface area contributed by atoms with Gasteiger partial charge in [-0.05, 0) is 36.8 Å². The minimum absolute atomic E-state index is 0.125. The number of hydrogen-bond donors (Lipinski definition) is 3. The van der Waals surface area contributed by atoms with Crippen LogP contribution in [0.4, 0.5) is 5.69 Å². The maximum atomic E-state index is 12.5. The topological polar surface area (TPSA) is 73.5 Å². The Hall–Kier alpha value is -2.70. The Labute approximate surface area is 159 Å². The number of aryl methyl sites for hydroxylation is 1. The smallest absolute Gasteiger partial charge is 0.255 e. The van der Waals surface area contributed by atoms with Crippen molar-refractivity contribution in [1.29, 1.82) is 0 Å². The normalized spacial score (nSPS) is 14.6. The summed E-state index contributed by atoms with van der Waals surface area (Å²) in [5, 5.41) is 9.17. The molecule has 142 valence electrons. The lowest BCUT2D eigenvalue weighted by Gasteiger charge is -2.27. The van der Waals surface area contributed by atoms with Gasteiger partial charge in [0.15, 0.2) is 0 Å². The molecule has 0 aromatic heterocycles. The standard InChI is InChI=1S/C21H26N4O2/c1-16-7-8-18(20(26)23-11-14-25-12-9-22-10-13-25)15-19(16)24-21(27)17-5-3-2-4-6-17/h2-8,15,22H,9-14H2,1H3,(H,23,26)(H,24,27). The van der Waals surface area contributed by atoms with Gasteiger partial charge in [-0.2, -0.15) is 0 Å². The van der Waals surface area contributed by atoms with Gasteiger partial charge in [-0.25, -0.2) is 0 Å². The van der Waals surface area contributed by atoms with Gasteiger partial charge in [0.25, 0.3) is 11.8 Å². The van der Waals surface area contributed by atoms with E-state index < -0.39 is 0 Å². The Morgan fingerprint density at radius 2 is 1.74 bits per heavy atom. The fourth-order valence-electron chi connectivity index (χ4n) is 3.05. The monoisotopic (exact) mass is 366 g/mol. The van der Waals surface area contributed by atoms with Crippen LogP contribution < -0.4 is 16.0 Å². The van der Waals surface area contributed by atoms with Crippen molar-refractivity contribution >= 4 is 17.5 Å². The number of carbonyl (C=O) groups excluding carboxylic acids is 2. The molecular weight excluding hydrogens is 340 g/mol. The lowest BCUT2D eigenvalue weighted by molar-refractivity contribution is 0.0946. The van der Waals surface area contributed by atoms with E-state index in [2.05, 4.69) is 20.9 Å². The van der Waals surface area contributed by atoms with Crippen LogP contribution in [0.15, 0.2) is 48.5 Å². The SMILES string of the molecule is Cc1ccc(C(=O)NCCN2CCNCC2)cc1NC(=O)c1ccccc1. The van der Waals surface area contributed by atoms with Crippen LogP contribution in [0, 0.1) is 6.92 Å². The van der Waals surface area contributed by atoms with Gasteiger partial charge in [0.2, 0.25) is 0 Å². The Kier molecular flexibility index (Phi) is 6.57. The van der Waals surface area contributed by atoms with Crippen LogP contribution in [0.2, 0.25) is 0 Å². The highest BCUT2D eigenvalue weighted by atomic mass is 16.2. The zero-order chi connectivity index (χ0) is 19.1. The van der Waals surface area contributed by atoms with Crippen molar-refractivity contribution in [3.05, 3.63) is 65.2 Å². The highest BCUT2D eigenvalue weighted by Gasteiger charge is 2.13. The summed E-state index contributed by atoms with van der Waals surface area (Å²) < 4.78 is 0. The molecule has 2 amide bonds. The Balaban J connectivity index is 1.58. The first kappa shape index (κ1) is 19.1. The first-order valence-corrected chi connectivity index (χ1v) is 9.32. The van der Waals surface area contributed by atoms with Gasteiger partial charge >= 0.3 is 0 Å². The predicted molar refractivity (Wildman–Crippen MR) is 107 cm³/mol. The number of nitrogens with zero attached hydrogens (tertiary/aromatic N) is 1. The van der Waals surface area contributed by atoms with Gasteiger partial charge < -0.3 is 16.0 Å². The molecule has 2 aromatic rings. The second-order valence-electron chi connectivity index (χ2n) is 6.70. The molecule has 27 heavy (non-hydrogen) atoms. The van der Waals surface area contributed by atoms with E-state index in [0.717, 1.165) is 38.3 Å². The Morgan fingerprint density at radius 1 is 1.00 bits per heavy atom. The first-order valence-electron chi connectivity index (χ1n) is 9.32. The molecule has 0 radical (unpaired) electrons. The van der Waals surface area contributed by atoms with Gasteiger partial charge in [-0.3, -0.25) is 14.5 Å². The van der Waals surface area contributed by atoms with Gasteiger partial charge in [0.1, 0.15) is 0 Å². The van der Waals surface area contributed by atoms with E-state index in [0.29, 0.717) is 23.4 Å². The van der Waals surface area contributed by atoms with Crippen molar-refractivity contribution in [1.82, 2.24) is 15.5 Å². The summed E-state index contributed by atoms with van der Waals surface area (Å²) >= 11 is 0. The van der Waals surface area contributed by atoms with Crippen LogP contribution in [0.1, 0.15) is 26.3 Å². The van der Waals surface area contributed by atoms with Crippen molar-refractivity contribution in [3.8, 4) is 0 Å². The molecule has 1 aliphatic heterocycles. The van der Waals surface area contributed by atoms with E-state index in [1.54, 1.807) is 24.3 Å². The molecule has 6 nitrogen and oxygen atoms in total. The third kappa shape index (κ3) is 5.39. The summed E-state index contributed by atoms with van der Waals surface area (Å²) in [4.78, 5) is 27.2. The van der Waals surface area contributed by atoms with Crippen molar-refractivity contribution in [2.45, 2.75) is 6.92 Å². The lowest BCUT2D eigenvalue weighted by Crippen LogP contribution is -2.46. The van der Waals surface area contributed by atoms with Crippen LogP contribution in [-0.4, -0.2) is 56.0 Å². The number of amides is 2. The van der Waals surface area contributed by atoms with Crippen molar-refractivity contribution in [2.75, 3.05) is 44.6 Å². The van der Waals surface area contributed by atoms with Gasteiger partial charge in [-0.15, -0.1) is 0 Å². The summed E-state index contributed by atoms with van der Waals surface area (Å²) in [6.45, 7) is 7.38. The van der Waals surface area contributed by atoms with Crippen LogP contribution in [-0.2, 0) is 0 Å². The first-order chi connectivity index (χ1) is 13.1. The third-order valence-electron chi connectivity index (χ3n) is 4.71. The van der Waals surface area contributed by atoms with Crippen LogP contribution in [0.25, 0.3) is 0 Å². The third-order valence-corrected chi connectivity index (χ3v) is 4.71. The van der Waals surface area contributed by atoms with Crippen molar-refractivity contribution < 1.29 is 9.59 Å². The zero-order valence-electron chi connectivity index (χ0n) is 15.6. The maximum absolute atomic E-state index is 12.5. The highest BCUT2D eigenvalue weighted by Crippen LogP contribution is 2.18. The van der Waals surface area contributed by atoms with Crippen LogP contribution >= 0.6 is 0 Å². The summed E-state index contributed by atoms with van der Waals surface area (Å²) in [5.41, 5.74) is 2.70. The summed E-state index contributed by atoms with van der Waals surface area (Å²) in [6.07, 6.45) is 0. The molecule has 1 fully saturated rings. The molecule has 1 aliphatic rings. The molecule has 3 N–H and O–H groups in total. The number of benzene rings is 2. The Bertz CT molecular complexity index is 786. The second-order valence-corrected chi connectivity index (χ2v) is 6.70. The summed E-state index contributed by atoms with van der Waals surface area (Å²) in [7, 11) is 0. The molecule has 0 aliphatic carbocycles. The quantitative estimate of drug-likeness (QED) is 0.730. The van der Waals surface area contributed by atoms with Crippen molar-refractivity contribution in [3.63, 3.8) is 0 Å². The highest BCUT2D eigenvalue weighted by molar-refractivity contribution is 6.05. The number of piperazine rings is 1. The lowest BCUT2D eigenvalue weighted by atomic mass is 10.1. The molecule has 0 atom stereocenters. The zero-order valence-corrected chi connectivity index (χ0v) is 15.6. The number of anilines is 1. The largest absolute Gasteiger partial charge is 0.351 e. The molecule has 3 rings (SSSR count). The van der Waals surface area contributed by atoms with Gasteiger partial charge in [0, 0.05) is 56.1 Å². The molecule has 2 aromatic carbocycles. The van der Waals surface area contributed by atoms with E-state index in [1.807, 2.05) is 31.2 Å². The molecule has 0 saturated carbocycles. The minimum Gasteiger partial charge on any atom is -0.351 e. The average Bonchev–Trinajstić information content (AvgIpc) is 2.71. The van der Waals surface area contributed by atoms with E-state index in [-0.39, 0.29) is 11.8 Å². The number of nitrogens with one attached hydrogen (secondary N) is 3. The van der Waals surface area contributed by atoms with E-state index in [9.17, 15) is 9.59 Å². The molecular formula is C21H26N4O2. The predicted octanol–water partition coefficient (Wildman–Crippen LogP) is 1.88.